The predicted molar refractivity (Wildman–Crippen MR) is 73.5 cm³/mol. The smallest absolute Gasteiger partial charge is 0.232 e. The van der Waals surface area contributed by atoms with Crippen LogP contribution in [0.2, 0.25) is 0 Å². The Morgan fingerprint density at radius 1 is 1.47 bits per heavy atom. The van der Waals surface area contributed by atoms with Crippen molar-refractivity contribution in [3.05, 3.63) is 30.1 Å². The largest absolute Gasteiger partial charge is 0.393 e. The maximum atomic E-state index is 13.4. The van der Waals surface area contributed by atoms with Crippen LogP contribution in [0, 0.1) is 11.7 Å². The maximum absolute atomic E-state index is 13.4. The summed E-state index contributed by atoms with van der Waals surface area (Å²) in [6, 6.07) is 6.46. The molecule has 1 amide bonds. The van der Waals surface area contributed by atoms with Crippen molar-refractivity contribution in [1.29, 1.82) is 0 Å². The highest BCUT2D eigenvalue weighted by Crippen LogP contribution is 2.28. The van der Waals surface area contributed by atoms with Crippen molar-refractivity contribution in [2.45, 2.75) is 23.8 Å². The number of aliphatic hydroxyl groups excluding tert-OH is 1. The molecule has 2 rings (SSSR count). The van der Waals surface area contributed by atoms with Crippen molar-refractivity contribution in [3.63, 3.8) is 0 Å². The third-order valence-electron chi connectivity index (χ3n) is 3.36. The standard InChI is InChI=1S/C14H18FNO2S/c1-16(8-10-6-11(17)7-10)14(18)9-19-13-5-3-2-4-12(13)15/h2-5,10-11,17H,6-9H2,1H3. The molecule has 3 nitrogen and oxygen atoms in total. The fraction of sp³-hybridized carbons (Fsp3) is 0.500. The lowest BCUT2D eigenvalue weighted by atomic mass is 9.82. The van der Waals surface area contributed by atoms with Gasteiger partial charge in [0.1, 0.15) is 5.82 Å². The first-order valence-corrected chi connectivity index (χ1v) is 7.34. The minimum absolute atomic E-state index is 0.00496. The van der Waals surface area contributed by atoms with E-state index in [1.165, 1.54) is 17.8 Å². The minimum Gasteiger partial charge on any atom is -0.393 e. The quantitative estimate of drug-likeness (QED) is 0.842. The summed E-state index contributed by atoms with van der Waals surface area (Å²) < 4.78 is 13.4. The number of nitrogens with zero attached hydrogens (tertiary/aromatic N) is 1. The molecule has 1 fully saturated rings. The van der Waals surface area contributed by atoms with Crippen LogP contribution in [0.4, 0.5) is 4.39 Å². The third kappa shape index (κ3) is 3.94. The number of hydrogen-bond acceptors (Lipinski definition) is 3. The van der Waals surface area contributed by atoms with E-state index < -0.39 is 0 Å². The van der Waals surface area contributed by atoms with Gasteiger partial charge in [-0.1, -0.05) is 12.1 Å². The van der Waals surface area contributed by atoms with Crippen LogP contribution < -0.4 is 0 Å². The zero-order valence-corrected chi connectivity index (χ0v) is 11.7. The number of aliphatic hydroxyl groups is 1. The molecule has 1 aromatic carbocycles. The molecule has 1 saturated carbocycles. The van der Waals surface area contributed by atoms with Gasteiger partial charge in [-0.15, -0.1) is 11.8 Å². The van der Waals surface area contributed by atoms with E-state index in [-0.39, 0.29) is 23.6 Å². The molecule has 0 spiro atoms. The van der Waals surface area contributed by atoms with Crippen molar-refractivity contribution in [2.75, 3.05) is 19.3 Å². The predicted octanol–water partition coefficient (Wildman–Crippen LogP) is 2.15. The Bertz CT molecular complexity index is 449. The lowest BCUT2D eigenvalue weighted by molar-refractivity contribution is -0.128. The second-order valence-electron chi connectivity index (χ2n) is 4.98. The number of halogens is 1. The van der Waals surface area contributed by atoms with E-state index in [1.807, 2.05) is 0 Å². The number of hydrogen-bond donors (Lipinski definition) is 1. The molecule has 1 aliphatic carbocycles. The molecule has 104 valence electrons. The second kappa shape index (κ2) is 6.39. The average molecular weight is 283 g/mol. The molecule has 0 unspecified atom stereocenters. The van der Waals surface area contributed by atoms with Crippen LogP contribution in [0.3, 0.4) is 0 Å². The van der Waals surface area contributed by atoms with Crippen LogP contribution in [0.25, 0.3) is 0 Å². The first-order chi connectivity index (χ1) is 9.06. The van der Waals surface area contributed by atoms with Gasteiger partial charge in [0.05, 0.1) is 11.9 Å². The molecule has 0 heterocycles. The number of amides is 1. The lowest BCUT2D eigenvalue weighted by Crippen LogP contribution is -2.40. The third-order valence-corrected chi connectivity index (χ3v) is 4.39. The van der Waals surface area contributed by atoms with Gasteiger partial charge in [0.15, 0.2) is 0 Å². The molecule has 0 atom stereocenters. The fourth-order valence-electron chi connectivity index (χ4n) is 2.15. The minimum atomic E-state index is -0.287. The van der Waals surface area contributed by atoms with E-state index in [2.05, 4.69) is 0 Å². The van der Waals surface area contributed by atoms with Crippen molar-refractivity contribution in [2.24, 2.45) is 5.92 Å². The zero-order chi connectivity index (χ0) is 13.8. The van der Waals surface area contributed by atoms with E-state index in [1.54, 1.807) is 30.1 Å². The van der Waals surface area contributed by atoms with Gasteiger partial charge in [-0.2, -0.15) is 0 Å². The summed E-state index contributed by atoms with van der Waals surface area (Å²) in [5.41, 5.74) is 0. The number of thioether (sulfide) groups is 1. The Morgan fingerprint density at radius 3 is 2.79 bits per heavy atom. The van der Waals surface area contributed by atoms with Crippen molar-refractivity contribution in [3.8, 4) is 0 Å². The van der Waals surface area contributed by atoms with Crippen LogP contribution in [0.1, 0.15) is 12.8 Å². The Kier molecular flexibility index (Phi) is 4.82. The van der Waals surface area contributed by atoms with E-state index in [4.69, 9.17) is 0 Å². The first-order valence-electron chi connectivity index (χ1n) is 6.35. The molecular formula is C14H18FNO2S. The van der Waals surface area contributed by atoms with Gasteiger partial charge in [-0.3, -0.25) is 4.79 Å². The Labute approximate surface area is 116 Å². The molecule has 0 saturated heterocycles. The number of carbonyl (C=O) groups excluding carboxylic acids is 1. The van der Waals surface area contributed by atoms with Crippen LogP contribution >= 0.6 is 11.8 Å². The summed E-state index contributed by atoms with van der Waals surface area (Å²) in [5.74, 6) is 0.356. The molecule has 0 radical (unpaired) electrons. The molecule has 0 bridgehead atoms. The summed E-state index contributed by atoms with van der Waals surface area (Å²) >= 11 is 1.22. The van der Waals surface area contributed by atoms with Gasteiger partial charge in [0.2, 0.25) is 5.91 Å². The molecular weight excluding hydrogens is 265 g/mol. The molecule has 1 aromatic rings. The van der Waals surface area contributed by atoms with Gasteiger partial charge >= 0.3 is 0 Å². The fourth-order valence-corrected chi connectivity index (χ4v) is 3.03. The van der Waals surface area contributed by atoms with Crippen LogP contribution in [0.5, 0.6) is 0 Å². The van der Waals surface area contributed by atoms with Gasteiger partial charge < -0.3 is 10.0 Å². The summed E-state index contributed by atoms with van der Waals surface area (Å²) in [5, 5.41) is 9.20. The molecule has 19 heavy (non-hydrogen) atoms. The van der Waals surface area contributed by atoms with Gasteiger partial charge in [-0.25, -0.2) is 4.39 Å². The summed E-state index contributed by atoms with van der Waals surface area (Å²) in [7, 11) is 1.76. The highest BCUT2D eigenvalue weighted by atomic mass is 32.2. The zero-order valence-electron chi connectivity index (χ0n) is 10.9. The second-order valence-corrected chi connectivity index (χ2v) is 6.00. The van der Waals surface area contributed by atoms with Crippen molar-refractivity contribution >= 4 is 17.7 Å². The van der Waals surface area contributed by atoms with E-state index in [9.17, 15) is 14.3 Å². The van der Waals surface area contributed by atoms with Crippen LogP contribution in [-0.4, -0.2) is 41.4 Å². The number of benzene rings is 1. The monoisotopic (exact) mass is 283 g/mol. The van der Waals surface area contributed by atoms with Gasteiger partial charge in [0.25, 0.3) is 0 Å². The Hall–Kier alpha value is -1.07. The highest BCUT2D eigenvalue weighted by Gasteiger charge is 2.28. The maximum Gasteiger partial charge on any atom is 0.232 e. The van der Waals surface area contributed by atoms with E-state index in [0.717, 1.165) is 12.8 Å². The Balaban J connectivity index is 1.76. The molecule has 0 aliphatic heterocycles. The van der Waals surface area contributed by atoms with Gasteiger partial charge in [-0.05, 0) is 30.9 Å². The number of rotatable bonds is 5. The van der Waals surface area contributed by atoms with Crippen LogP contribution in [-0.2, 0) is 4.79 Å². The normalized spacial score (nSPS) is 21.8. The lowest BCUT2D eigenvalue weighted by Gasteiger charge is -2.34. The van der Waals surface area contributed by atoms with Gasteiger partial charge in [0, 0.05) is 18.5 Å². The summed E-state index contributed by atoms with van der Waals surface area (Å²) in [6.07, 6.45) is 1.36. The topological polar surface area (TPSA) is 40.5 Å². The van der Waals surface area contributed by atoms with Crippen molar-refractivity contribution < 1.29 is 14.3 Å². The first kappa shape index (κ1) is 14.3. The van der Waals surface area contributed by atoms with Crippen molar-refractivity contribution in [1.82, 2.24) is 4.90 Å². The van der Waals surface area contributed by atoms with Crippen LogP contribution in [0.15, 0.2) is 29.2 Å². The van der Waals surface area contributed by atoms with E-state index >= 15 is 0 Å². The molecule has 1 N–H and O–H groups in total. The Morgan fingerprint density at radius 2 is 2.16 bits per heavy atom. The average Bonchev–Trinajstić information content (AvgIpc) is 2.35. The molecule has 0 aromatic heterocycles. The summed E-state index contributed by atoms with van der Waals surface area (Å²) in [4.78, 5) is 14.1. The number of carbonyl (C=O) groups is 1. The van der Waals surface area contributed by atoms with E-state index in [0.29, 0.717) is 17.4 Å². The highest BCUT2D eigenvalue weighted by molar-refractivity contribution is 8.00. The SMILES string of the molecule is CN(CC1CC(O)C1)C(=O)CSc1ccccc1F. The summed E-state index contributed by atoms with van der Waals surface area (Å²) in [6.45, 7) is 0.674. The molecule has 1 aliphatic rings. The molecule has 5 heteroatoms.